The second-order valence-electron chi connectivity index (χ2n) is 5.38. The molecule has 8 heteroatoms. The highest BCUT2D eigenvalue weighted by Crippen LogP contribution is 2.40. The van der Waals surface area contributed by atoms with Crippen molar-refractivity contribution in [2.75, 3.05) is 11.6 Å². The molecule has 1 aromatic heterocycles. The number of thioether (sulfide) groups is 1. The van der Waals surface area contributed by atoms with Gasteiger partial charge in [-0.25, -0.2) is 0 Å². The van der Waals surface area contributed by atoms with Crippen molar-refractivity contribution >= 4 is 33.4 Å². The zero-order valence-corrected chi connectivity index (χ0v) is 15.5. The third-order valence-electron chi connectivity index (χ3n) is 3.74. The van der Waals surface area contributed by atoms with Gasteiger partial charge in [-0.05, 0) is 36.6 Å². The molecule has 0 radical (unpaired) electrons. The maximum atomic E-state index is 9.79. The Hall–Kier alpha value is -2.32. The van der Waals surface area contributed by atoms with Crippen LogP contribution in [0, 0.1) is 0 Å². The number of aromatic hydroxyl groups is 1. The van der Waals surface area contributed by atoms with Gasteiger partial charge in [-0.3, -0.25) is 0 Å². The Kier molecular flexibility index (Phi) is 4.22. The van der Waals surface area contributed by atoms with Crippen LogP contribution in [0.25, 0.3) is 11.3 Å². The highest BCUT2D eigenvalue weighted by Gasteiger charge is 2.26. The molecule has 1 atom stereocenters. The maximum Gasteiger partial charge on any atom is 0.247 e. The maximum absolute atomic E-state index is 9.79. The molecule has 1 aliphatic rings. The number of phenols is 1. The fourth-order valence-electron chi connectivity index (χ4n) is 2.60. The SMILES string of the molecule is CSc1nnc2c(n1)OC(c1cccc(O)c1)Nc1ccc(Br)cc1-2. The molecule has 1 aliphatic heterocycles. The van der Waals surface area contributed by atoms with Gasteiger partial charge in [0, 0.05) is 21.3 Å². The molecular formula is C17H13BrN4O2S. The molecule has 0 amide bonds. The van der Waals surface area contributed by atoms with Gasteiger partial charge in [0.25, 0.3) is 0 Å². The summed E-state index contributed by atoms with van der Waals surface area (Å²) < 4.78 is 7.02. The van der Waals surface area contributed by atoms with Crippen LogP contribution < -0.4 is 10.1 Å². The van der Waals surface area contributed by atoms with Crippen LogP contribution in [0.3, 0.4) is 0 Å². The van der Waals surface area contributed by atoms with E-state index in [-0.39, 0.29) is 5.75 Å². The van der Waals surface area contributed by atoms with Crippen LogP contribution >= 0.6 is 27.7 Å². The zero-order valence-electron chi connectivity index (χ0n) is 13.1. The Labute approximate surface area is 156 Å². The topological polar surface area (TPSA) is 80.2 Å². The number of phenolic OH excluding ortho intramolecular Hbond substituents is 1. The summed E-state index contributed by atoms with van der Waals surface area (Å²) in [4.78, 5) is 4.47. The molecule has 126 valence electrons. The number of nitrogens with one attached hydrogen (secondary N) is 1. The van der Waals surface area contributed by atoms with Crippen molar-refractivity contribution < 1.29 is 9.84 Å². The number of anilines is 1. The van der Waals surface area contributed by atoms with Gasteiger partial charge in [0.05, 0.1) is 0 Å². The average molecular weight is 417 g/mol. The Balaban J connectivity index is 1.88. The largest absolute Gasteiger partial charge is 0.508 e. The molecule has 4 rings (SSSR count). The van der Waals surface area contributed by atoms with Gasteiger partial charge < -0.3 is 15.2 Å². The van der Waals surface area contributed by atoms with Crippen molar-refractivity contribution in [2.45, 2.75) is 11.4 Å². The van der Waals surface area contributed by atoms with E-state index in [9.17, 15) is 5.11 Å². The summed E-state index contributed by atoms with van der Waals surface area (Å²) >= 11 is 4.89. The summed E-state index contributed by atoms with van der Waals surface area (Å²) in [5.41, 5.74) is 3.05. The molecule has 1 unspecified atom stereocenters. The summed E-state index contributed by atoms with van der Waals surface area (Å²) in [6, 6.07) is 12.8. The molecule has 3 aromatic rings. The lowest BCUT2D eigenvalue weighted by Gasteiger charge is -2.19. The first kappa shape index (κ1) is 16.2. The molecule has 2 N–H and O–H groups in total. The predicted octanol–water partition coefficient (Wildman–Crippen LogP) is 4.23. The fraction of sp³-hybridized carbons (Fsp3) is 0.118. The van der Waals surface area contributed by atoms with Crippen molar-refractivity contribution in [3.05, 3.63) is 52.5 Å². The van der Waals surface area contributed by atoms with E-state index in [0.29, 0.717) is 16.7 Å². The first-order chi connectivity index (χ1) is 12.1. The van der Waals surface area contributed by atoms with Crippen molar-refractivity contribution in [1.82, 2.24) is 15.2 Å². The normalized spacial score (nSPS) is 15.4. The first-order valence-electron chi connectivity index (χ1n) is 7.45. The summed E-state index contributed by atoms with van der Waals surface area (Å²) in [6.45, 7) is 0. The zero-order chi connectivity index (χ0) is 17.4. The van der Waals surface area contributed by atoms with Crippen molar-refractivity contribution in [3.8, 4) is 22.9 Å². The number of rotatable bonds is 2. The Morgan fingerprint density at radius 1 is 1.20 bits per heavy atom. The number of hydrogen-bond donors (Lipinski definition) is 2. The van der Waals surface area contributed by atoms with E-state index in [4.69, 9.17) is 4.74 Å². The number of benzene rings is 2. The summed E-state index contributed by atoms with van der Waals surface area (Å²) in [5, 5.41) is 22.1. The third-order valence-corrected chi connectivity index (χ3v) is 4.77. The van der Waals surface area contributed by atoms with Crippen LogP contribution in [0.15, 0.2) is 52.1 Å². The fourth-order valence-corrected chi connectivity index (χ4v) is 3.25. The van der Waals surface area contributed by atoms with Crippen LogP contribution in [0.5, 0.6) is 11.6 Å². The van der Waals surface area contributed by atoms with E-state index in [1.807, 2.05) is 30.5 Å². The Bertz CT molecular complexity index is 954. The molecule has 0 saturated heterocycles. The number of halogens is 1. The summed E-state index contributed by atoms with van der Waals surface area (Å²) in [7, 11) is 0. The van der Waals surface area contributed by atoms with E-state index in [1.165, 1.54) is 11.8 Å². The van der Waals surface area contributed by atoms with Crippen LogP contribution in [0.4, 0.5) is 5.69 Å². The summed E-state index contributed by atoms with van der Waals surface area (Å²) in [6.07, 6.45) is 1.37. The minimum atomic E-state index is -0.514. The van der Waals surface area contributed by atoms with E-state index < -0.39 is 6.23 Å². The molecule has 0 aliphatic carbocycles. The van der Waals surface area contributed by atoms with Crippen LogP contribution in [-0.4, -0.2) is 26.5 Å². The number of nitrogens with zero attached hydrogens (tertiary/aromatic N) is 3. The Morgan fingerprint density at radius 3 is 2.88 bits per heavy atom. The standard InChI is InChI=1S/C17H13BrN4O2S/c1-25-17-20-16-14(21-22-17)12-8-10(18)5-6-13(12)19-15(24-16)9-3-2-4-11(23)7-9/h2-8,15,19,23H,1H3. The van der Waals surface area contributed by atoms with Crippen LogP contribution in [0.1, 0.15) is 11.8 Å². The molecule has 2 heterocycles. The minimum absolute atomic E-state index is 0.175. The minimum Gasteiger partial charge on any atom is -0.508 e. The smallest absolute Gasteiger partial charge is 0.247 e. The van der Waals surface area contributed by atoms with Crippen LogP contribution in [0.2, 0.25) is 0 Å². The predicted molar refractivity (Wildman–Crippen MR) is 99.8 cm³/mol. The number of ether oxygens (including phenoxy) is 1. The van der Waals surface area contributed by atoms with Gasteiger partial charge >= 0.3 is 0 Å². The highest BCUT2D eigenvalue weighted by atomic mass is 79.9. The molecular weight excluding hydrogens is 404 g/mol. The van der Waals surface area contributed by atoms with Gasteiger partial charge in [-0.2, -0.15) is 4.98 Å². The lowest BCUT2D eigenvalue weighted by molar-refractivity contribution is 0.225. The van der Waals surface area contributed by atoms with E-state index in [1.54, 1.807) is 18.2 Å². The third kappa shape index (κ3) is 3.14. The average Bonchev–Trinajstić information content (AvgIpc) is 2.77. The molecule has 0 spiro atoms. The number of aromatic nitrogens is 3. The van der Waals surface area contributed by atoms with Crippen molar-refractivity contribution in [3.63, 3.8) is 0 Å². The molecule has 2 aromatic carbocycles. The first-order valence-corrected chi connectivity index (χ1v) is 9.46. The Morgan fingerprint density at radius 2 is 2.08 bits per heavy atom. The monoisotopic (exact) mass is 416 g/mol. The second kappa shape index (κ2) is 6.53. The quantitative estimate of drug-likeness (QED) is 0.604. The van der Waals surface area contributed by atoms with Crippen LogP contribution in [-0.2, 0) is 0 Å². The van der Waals surface area contributed by atoms with E-state index in [0.717, 1.165) is 21.3 Å². The molecule has 6 nitrogen and oxygen atoms in total. The van der Waals surface area contributed by atoms with Gasteiger partial charge in [-0.15, -0.1) is 10.2 Å². The lowest BCUT2D eigenvalue weighted by atomic mass is 10.1. The summed E-state index contributed by atoms with van der Waals surface area (Å²) in [5.74, 6) is 0.575. The van der Waals surface area contributed by atoms with Gasteiger partial charge in [0.2, 0.25) is 11.0 Å². The van der Waals surface area contributed by atoms with Gasteiger partial charge in [-0.1, -0.05) is 39.8 Å². The molecule has 0 fully saturated rings. The lowest BCUT2D eigenvalue weighted by Crippen LogP contribution is -2.17. The molecule has 0 saturated carbocycles. The second-order valence-corrected chi connectivity index (χ2v) is 7.07. The number of hydrogen-bond acceptors (Lipinski definition) is 7. The van der Waals surface area contributed by atoms with Gasteiger partial charge in [0.1, 0.15) is 5.75 Å². The molecule has 0 bridgehead atoms. The van der Waals surface area contributed by atoms with Crippen molar-refractivity contribution in [2.24, 2.45) is 0 Å². The van der Waals surface area contributed by atoms with E-state index in [2.05, 4.69) is 36.4 Å². The van der Waals surface area contributed by atoms with Crippen molar-refractivity contribution in [1.29, 1.82) is 0 Å². The highest BCUT2D eigenvalue weighted by molar-refractivity contribution is 9.10. The van der Waals surface area contributed by atoms with Gasteiger partial charge in [0.15, 0.2) is 11.9 Å². The number of fused-ring (bicyclic) bond motifs is 3. The van der Waals surface area contributed by atoms with E-state index >= 15 is 0 Å². The molecule has 25 heavy (non-hydrogen) atoms.